The van der Waals surface area contributed by atoms with Crippen LogP contribution in [0, 0.1) is 0 Å². The van der Waals surface area contributed by atoms with Crippen LogP contribution in [-0.2, 0) is 22.7 Å². The third kappa shape index (κ3) is 4.28. The molecule has 0 saturated heterocycles. The van der Waals surface area contributed by atoms with Crippen LogP contribution in [0.5, 0.6) is 0 Å². The Morgan fingerprint density at radius 2 is 1.86 bits per heavy atom. The molecule has 3 rings (SSSR count). The maximum absolute atomic E-state index is 12.9. The van der Waals surface area contributed by atoms with Crippen LogP contribution in [0.1, 0.15) is 24.4 Å². The molecule has 0 radical (unpaired) electrons. The van der Waals surface area contributed by atoms with Crippen LogP contribution >= 0.6 is 0 Å². The molecule has 0 aliphatic heterocycles. The molecular formula is C22H24N4O2. The van der Waals surface area contributed by atoms with Crippen LogP contribution in [0.2, 0.25) is 0 Å². The Morgan fingerprint density at radius 3 is 2.57 bits per heavy atom. The van der Waals surface area contributed by atoms with Gasteiger partial charge in [0.2, 0.25) is 11.8 Å². The number of imidazole rings is 1. The van der Waals surface area contributed by atoms with Crippen LogP contribution < -0.4 is 5.32 Å². The molecule has 1 heterocycles. The minimum Gasteiger partial charge on any atom is -0.343 e. The fraction of sp³-hybridized carbons (Fsp3) is 0.227. The molecule has 2 amide bonds. The van der Waals surface area contributed by atoms with Crippen molar-refractivity contribution >= 4 is 22.8 Å². The normalized spacial score (nSPS) is 11.8. The first-order chi connectivity index (χ1) is 13.5. The van der Waals surface area contributed by atoms with Crippen LogP contribution in [0.3, 0.4) is 0 Å². The molecule has 6 nitrogen and oxygen atoms in total. The molecule has 144 valence electrons. The van der Waals surface area contributed by atoms with Gasteiger partial charge in [-0.25, -0.2) is 4.98 Å². The minimum atomic E-state index is -0.356. The number of hydrogen-bond donors (Lipinski definition) is 1. The molecule has 6 heteroatoms. The zero-order valence-corrected chi connectivity index (χ0v) is 16.1. The van der Waals surface area contributed by atoms with Gasteiger partial charge < -0.3 is 14.8 Å². The van der Waals surface area contributed by atoms with Gasteiger partial charge in [-0.05, 0) is 30.7 Å². The Bertz CT molecular complexity index is 994. The van der Waals surface area contributed by atoms with Crippen molar-refractivity contribution < 1.29 is 9.59 Å². The number of likely N-dealkylation sites (N-methyl/N-ethyl adjacent to an activating group) is 1. The maximum Gasteiger partial charge on any atom is 0.243 e. The molecule has 0 bridgehead atoms. The Balaban J connectivity index is 1.86. The number of benzene rings is 2. The lowest BCUT2D eigenvalue weighted by atomic mass is 10.2. The molecule has 1 aromatic heterocycles. The van der Waals surface area contributed by atoms with Crippen LogP contribution in [-0.4, -0.2) is 33.3 Å². The second kappa shape index (κ2) is 8.52. The van der Waals surface area contributed by atoms with Crippen molar-refractivity contribution in [3.8, 4) is 0 Å². The van der Waals surface area contributed by atoms with E-state index in [-0.39, 0.29) is 24.4 Å². The van der Waals surface area contributed by atoms with Gasteiger partial charge >= 0.3 is 0 Å². The van der Waals surface area contributed by atoms with E-state index in [9.17, 15) is 9.59 Å². The van der Waals surface area contributed by atoms with E-state index in [0.29, 0.717) is 12.4 Å². The SMILES string of the molecule is C=CC(=O)NC(C)c1nc2ccccc2n1CC(=O)N(C)Cc1ccccc1. The van der Waals surface area contributed by atoms with Crippen LogP contribution in [0.15, 0.2) is 67.3 Å². The summed E-state index contributed by atoms with van der Waals surface area (Å²) in [5.74, 6) is 0.326. The van der Waals surface area contributed by atoms with Crippen molar-refractivity contribution in [1.82, 2.24) is 19.8 Å². The number of amides is 2. The molecule has 28 heavy (non-hydrogen) atoms. The van der Waals surface area contributed by atoms with Crippen molar-refractivity contribution in [2.75, 3.05) is 7.05 Å². The molecule has 1 atom stereocenters. The van der Waals surface area contributed by atoms with Gasteiger partial charge in [-0.3, -0.25) is 9.59 Å². The van der Waals surface area contributed by atoms with Gasteiger partial charge in [0.25, 0.3) is 0 Å². The number of nitrogens with one attached hydrogen (secondary N) is 1. The van der Waals surface area contributed by atoms with E-state index >= 15 is 0 Å². The third-order valence-electron chi connectivity index (χ3n) is 4.60. The number of fused-ring (bicyclic) bond motifs is 1. The van der Waals surface area contributed by atoms with Crippen molar-refractivity contribution in [3.63, 3.8) is 0 Å². The molecule has 1 unspecified atom stereocenters. The highest BCUT2D eigenvalue weighted by Crippen LogP contribution is 2.21. The number of hydrogen-bond acceptors (Lipinski definition) is 3. The first-order valence-corrected chi connectivity index (χ1v) is 9.15. The Kier molecular flexibility index (Phi) is 5.89. The molecule has 0 fully saturated rings. The third-order valence-corrected chi connectivity index (χ3v) is 4.60. The Labute approximate surface area is 164 Å². The lowest BCUT2D eigenvalue weighted by Crippen LogP contribution is -2.32. The summed E-state index contributed by atoms with van der Waals surface area (Å²) in [7, 11) is 1.79. The van der Waals surface area contributed by atoms with Crippen molar-refractivity contribution in [3.05, 3.63) is 78.6 Å². The smallest absolute Gasteiger partial charge is 0.243 e. The first kappa shape index (κ1) is 19.4. The predicted octanol–water partition coefficient (Wildman–Crippen LogP) is 3.06. The molecule has 3 aromatic rings. The van der Waals surface area contributed by atoms with Gasteiger partial charge in [0.1, 0.15) is 12.4 Å². The zero-order chi connectivity index (χ0) is 20.1. The first-order valence-electron chi connectivity index (χ1n) is 9.15. The Hall–Kier alpha value is -3.41. The maximum atomic E-state index is 12.9. The summed E-state index contributed by atoms with van der Waals surface area (Å²) in [5.41, 5.74) is 2.72. The average molecular weight is 376 g/mol. The van der Waals surface area contributed by atoms with Gasteiger partial charge in [0.15, 0.2) is 0 Å². The largest absolute Gasteiger partial charge is 0.343 e. The van der Waals surface area contributed by atoms with Crippen molar-refractivity contribution in [2.24, 2.45) is 0 Å². The van der Waals surface area contributed by atoms with Crippen molar-refractivity contribution in [1.29, 1.82) is 0 Å². The van der Waals surface area contributed by atoms with Gasteiger partial charge in [0, 0.05) is 13.6 Å². The van der Waals surface area contributed by atoms with Gasteiger partial charge in [-0.15, -0.1) is 0 Å². The number of nitrogens with zero attached hydrogens (tertiary/aromatic N) is 3. The van der Waals surface area contributed by atoms with E-state index in [2.05, 4.69) is 16.9 Å². The number of rotatable bonds is 7. The van der Waals surface area contributed by atoms with Crippen molar-refractivity contribution in [2.45, 2.75) is 26.1 Å². The van der Waals surface area contributed by atoms with Gasteiger partial charge in [-0.2, -0.15) is 0 Å². The molecule has 0 spiro atoms. The minimum absolute atomic E-state index is 0.0319. The lowest BCUT2D eigenvalue weighted by molar-refractivity contribution is -0.131. The summed E-state index contributed by atoms with van der Waals surface area (Å²) >= 11 is 0. The fourth-order valence-corrected chi connectivity index (χ4v) is 3.13. The lowest BCUT2D eigenvalue weighted by Gasteiger charge is -2.20. The quantitative estimate of drug-likeness (QED) is 0.645. The second-order valence-corrected chi connectivity index (χ2v) is 6.71. The van der Waals surface area contributed by atoms with E-state index in [4.69, 9.17) is 0 Å². The molecule has 1 N–H and O–H groups in total. The molecule has 2 aromatic carbocycles. The second-order valence-electron chi connectivity index (χ2n) is 6.71. The number of aromatic nitrogens is 2. The van der Waals surface area contributed by atoms with Crippen LogP contribution in [0.25, 0.3) is 11.0 Å². The number of para-hydroxylation sites is 2. The average Bonchev–Trinajstić information content (AvgIpc) is 3.07. The number of carbonyl (C=O) groups is 2. The Morgan fingerprint density at radius 1 is 1.18 bits per heavy atom. The van der Waals surface area contributed by atoms with E-state index in [0.717, 1.165) is 16.6 Å². The van der Waals surface area contributed by atoms with Gasteiger partial charge in [-0.1, -0.05) is 49.0 Å². The summed E-state index contributed by atoms with van der Waals surface area (Å²) in [4.78, 5) is 30.9. The molecule has 0 aliphatic carbocycles. The summed E-state index contributed by atoms with van der Waals surface area (Å²) in [5, 5.41) is 2.82. The standard InChI is InChI=1S/C22H24N4O2/c1-4-20(27)23-16(2)22-24-18-12-8-9-13-19(18)26(22)15-21(28)25(3)14-17-10-6-5-7-11-17/h4-13,16H,1,14-15H2,2-3H3,(H,23,27). The summed E-state index contributed by atoms with van der Waals surface area (Å²) in [6.07, 6.45) is 1.22. The molecule has 0 aliphatic rings. The monoisotopic (exact) mass is 376 g/mol. The van der Waals surface area contributed by atoms with E-state index in [1.807, 2.05) is 66.1 Å². The van der Waals surface area contributed by atoms with Gasteiger partial charge in [0.05, 0.1) is 17.1 Å². The summed E-state index contributed by atoms with van der Waals surface area (Å²) in [6.45, 7) is 6.01. The molecular weight excluding hydrogens is 352 g/mol. The molecule has 0 saturated carbocycles. The topological polar surface area (TPSA) is 67.2 Å². The van der Waals surface area contributed by atoms with E-state index < -0.39 is 0 Å². The van der Waals surface area contributed by atoms with Crippen LogP contribution in [0.4, 0.5) is 0 Å². The highest BCUT2D eigenvalue weighted by Gasteiger charge is 2.20. The number of carbonyl (C=O) groups excluding carboxylic acids is 2. The highest BCUT2D eigenvalue weighted by molar-refractivity contribution is 5.87. The summed E-state index contributed by atoms with van der Waals surface area (Å²) < 4.78 is 1.87. The van der Waals surface area contributed by atoms with E-state index in [1.54, 1.807) is 11.9 Å². The summed E-state index contributed by atoms with van der Waals surface area (Å²) in [6, 6.07) is 17.1. The predicted molar refractivity (Wildman–Crippen MR) is 109 cm³/mol. The fourth-order valence-electron chi connectivity index (χ4n) is 3.13. The zero-order valence-electron chi connectivity index (χ0n) is 16.1. The van der Waals surface area contributed by atoms with E-state index in [1.165, 1.54) is 6.08 Å². The highest BCUT2D eigenvalue weighted by atomic mass is 16.2.